The van der Waals surface area contributed by atoms with Crippen LogP contribution >= 0.6 is 0 Å². The van der Waals surface area contributed by atoms with Crippen molar-refractivity contribution >= 4 is 17.6 Å². The van der Waals surface area contributed by atoms with Crippen LogP contribution in [0.15, 0.2) is 16.0 Å². The highest BCUT2D eigenvalue weighted by molar-refractivity contribution is 6.10. The van der Waals surface area contributed by atoms with Crippen molar-refractivity contribution in [2.45, 2.75) is 25.7 Å². The maximum atomic E-state index is 13.4. The van der Waals surface area contributed by atoms with Crippen LogP contribution in [0.2, 0.25) is 0 Å². The number of hydrogen-bond acceptors (Lipinski definition) is 5. The lowest BCUT2D eigenvalue weighted by molar-refractivity contribution is -0.141. The molecule has 13 heteroatoms. The lowest BCUT2D eigenvalue weighted by Crippen LogP contribution is -2.27. The number of allylic oxidation sites excluding steroid dienone is 1. The van der Waals surface area contributed by atoms with Crippen LogP contribution in [0, 0.1) is 6.92 Å². The standard InChI is InChI=1S/C14H14F6N6O/c1-7-24-26-11(27)9(8(5-21)6-22-4-3-13(15,16)17)10(14(18,19)20)23-12(26)25(7)2/h5-6H,3-4,21H2,1-2H3. The van der Waals surface area contributed by atoms with E-state index in [1.165, 1.54) is 18.5 Å². The fourth-order valence-corrected chi connectivity index (χ4v) is 2.18. The third kappa shape index (κ3) is 4.28. The van der Waals surface area contributed by atoms with Gasteiger partial charge in [0.2, 0.25) is 5.78 Å². The van der Waals surface area contributed by atoms with Crippen LogP contribution in [0.1, 0.15) is 23.5 Å². The molecule has 0 aliphatic heterocycles. The molecule has 2 aromatic heterocycles. The molecule has 2 aromatic rings. The van der Waals surface area contributed by atoms with Gasteiger partial charge in [-0.2, -0.15) is 30.9 Å². The first-order chi connectivity index (χ1) is 12.4. The molecule has 0 spiro atoms. The van der Waals surface area contributed by atoms with Crippen molar-refractivity contribution in [2.24, 2.45) is 17.8 Å². The van der Waals surface area contributed by atoms with Crippen LogP contribution in [0.3, 0.4) is 0 Å². The molecule has 27 heavy (non-hydrogen) atoms. The van der Waals surface area contributed by atoms with Crippen LogP contribution in [0.25, 0.3) is 11.4 Å². The first-order valence-corrected chi connectivity index (χ1v) is 7.39. The van der Waals surface area contributed by atoms with Gasteiger partial charge in [-0.1, -0.05) is 0 Å². The summed E-state index contributed by atoms with van der Waals surface area (Å²) in [6.45, 7) is 0.723. The highest BCUT2D eigenvalue weighted by Gasteiger charge is 2.39. The molecular weight excluding hydrogens is 382 g/mol. The van der Waals surface area contributed by atoms with Gasteiger partial charge in [0.1, 0.15) is 5.82 Å². The Morgan fingerprint density at radius 3 is 2.41 bits per heavy atom. The van der Waals surface area contributed by atoms with Gasteiger partial charge in [-0.05, 0) is 6.92 Å². The van der Waals surface area contributed by atoms with Gasteiger partial charge < -0.3 is 10.3 Å². The zero-order valence-electron chi connectivity index (χ0n) is 14.1. The molecule has 0 amide bonds. The van der Waals surface area contributed by atoms with E-state index >= 15 is 0 Å². The van der Waals surface area contributed by atoms with E-state index in [9.17, 15) is 31.1 Å². The maximum absolute atomic E-state index is 13.4. The molecule has 7 nitrogen and oxygen atoms in total. The number of nitrogens with zero attached hydrogens (tertiary/aromatic N) is 5. The minimum atomic E-state index is -5.02. The lowest BCUT2D eigenvalue weighted by Gasteiger charge is -2.12. The van der Waals surface area contributed by atoms with Gasteiger partial charge in [-0.3, -0.25) is 9.79 Å². The topological polar surface area (TPSA) is 90.6 Å². The highest BCUT2D eigenvalue weighted by atomic mass is 19.4. The van der Waals surface area contributed by atoms with Gasteiger partial charge in [0, 0.05) is 31.6 Å². The summed E-state index contributed by atoms with van der Waals surface area (Å²) in [7, 11) is 1.38. The predicted octanol–water partition coefficient (Wildman–Crippen LogP) is 2.08. The highest BCUT2D eigenvalue weighted by Crippen LogP contribution is 2.32. The Labute approximate surface area is 147 Å². The van der Waals surface area contributed by atoms with Crippen molar-refractivity contribution < 1.29 is 26.3 Å². The molecule has 0 radical (unpaired) electrons. The third-order valence-electron chi connectivity index (χ3n) is 3.57. The summed E-state index contributed by atoms with van der Waals surface area (Å²) in [5.74, 6) is -0.124. The normalized spacial score (nSPS) is 13.9. The Morgan fingerprint density at radius 2 is 1.89 bits per heavy atom. The zero-order valence-corrected chi connectivity index (χ0v) is 14.1. The van der Waals surface area contributed by atoms with E-state index in [1.54, 1.807) is 0 Å². The van der Waals surface area contributed by atoms with Gasteiger partial charge >= 0.3 is 12.4 Å². The summed E-state index contributed by atoms with van der Waals surface area (Å²) in [6, 6.07) is 0. The third-order valence-corrected chi connectivity index (χ3v) is 3.57. The number of aliphatic imine (C=N–C) groups is 1. The van der Waals surface area contributed by atoms with E-state index in [1.807, 2.05) is 0 Å². The smallest absolute Gasteiger partial charge is 0.404 e. The van der Waals surface area contributed by atoms with Gasteiger partial charge in [0.05, 0.1) is 12.0 Å². The number of nitrogens with two attached hydrogens (primary N) is 1. The van der Waals surface area contributed by atoms with Crippen molar-refractivity contribution in [1.29, 1.82) is 0 Å². The van der Waals surface area contributed by atoms with E-state index in [4.69, 9.17) is 5.73 Å². The van der Waals surface area contributed by atoms with Crippen LogP contribution in [0.5, 0.6) is 0 Å². The van der Waals surface area contributed by atoms with Crippen LogP contribution in [0.4, 0.5) is 26.3 Å². The van der Waals surface area contributed by atoms with E-state index in [0.29, 0.717) is 16.9 Å². The molecule has 0 unspecified atom stereocenters. The second-order valence-electron chi connectivity index (χ2n) is 5.48. The molecule has 0 aromatic carbocycles. The Kier molecular flexibility index (Phi) is 5.33. The minimum Gasteiger partial charge on any atom is -0.404 e. The van der Waals surface area contributed by atoms with Crippen molar-refractivity contribution in [2.75, 3.05) is 6.54 Å². The molecule has 2 rings (SSSR count). The summed E-state index contributed by atoms with van der Waals surface area (Å²) < 4.78 is 78.6. The first-order valence-electron chi connectivity index (χ1n) is 7.39. The average molecular weight is 396 g/mol. The molecule has 0 bridgehead atoms. The molecule has 0 saturated heterocycles. The number of halogens is 6. The molecule has 0 atom stereocenters. The van der Waals surface area contributed by atoms with Crippen LogP contribution in [-0.2, 0) is 13.2 Å². The molecule has 0 fully saturated rings. The van der Waals surface area contributed by atoms with Gasteiger partial charge in [0.25, 0.3) is 5.56 Å². The van der Waals surface area contributed by atoms with E-state index in [-0.39, 0.29) is 11.6 Å². The quantitative estimate of drug-likeness (QED) is 0.633. The first kappa shape index (κ1) is 20.5. The molecular formula is C14H14F6N6O. The largest absolute Gasteiger partial charge is 0.434 e. The Bertz CT molecular complexity index is 966. The second kappa shape index (κ2) is 7.04. The number of fused-ring (bicyclic) bond motifs is 1. The van der Waals surface area contributed by atoms with E-state index in [2.05, 4.69) is 15.1 Å². The molecule has 0 aliphatic rings. The monoisotopic (exact) mass is 396 g/mol. The molecule has 2 heterocycles. The Morgan fingerprint density at radius 1 is 1.26 bits per heavy atom. The maximum Gasteiger partial charge on any atom is 0.434 e. The van der Waals surface area contributed by atoms with Gasteiger partial charge in [0.15, 0.2) is 5.69 Å². The average Bonchev–Trinajstić information content (AvgIpc) is 2.82. The van der Waals surface area contributed by atoms with E-state index < -0.39 is 47.7 Å². The predicted molar refractivity (Wildman–Crippen MR) is 84.2 cm³/mol. The lowest BCUT2D eigenvalue weighted by atomic mass is 10.1. The molecule has 148 valence electrons. The van der Waals surface area contributed by atoms with Crippen molar-refractivity contribution in [3.63, 3.8) is 0 Å². The minimum absolute atomic E-state index is 0.224. The summed E-state index contributed by atoms with van der Waals surface area (Å²) in [6.07, 6.45) is -9.44. The number of aryl methyl sites for hydroxylation is 2. The Balaban J connectivity index is 2.63. The molecule has 2 N–H and O–H groups in total. The molecule has 0 aliphatic carbocycles. The second-order valence-corrected chi connectivity index (χ2v) is 5.48. The van der Waals surface area contributed by atoms with Crippen LogP contribution in [-0.4, -0.2) is 38.1 Å². The summed E-state index contributed by atoms with van der Waals surface area (Å²) in [5, 5.41) is 3.82. The molecule has 0 saturated carbocycles. The van der Waals surface area contributed by atoms with Gasteiger partial charge in [-0.25, -0.2) is 4.98 Å². The van der Waals surface area contributed by atoms with Crippen molar-refractivity contribution in [3.8, 4) is 0 Å². The van der Waals surface area contributed by atoms with Crippen molar-refractivity contribution in [1.82, 2.24) is 19.2 Å². The number of aromatic nitrogens is 4. The van der Waals surface area contributed by atoms with E-state index in [0.717, 1.165) is 0 Å². The van der Waals surface area contributed by atoms with Gasteiger partial charge in [-0.15, -0.1) is 5.10 Å². The number of rotatable bonds is 4. The summed E-state index contributed by atoms with van der Waals surface area (Å²) in [5.41, 5.74) is 1.12. The zero-order chi connectivity index (χ0) is 20.6. The van der Waals surface area contributed by atoms with Crippen molar-refractivity contribution in [3.05, 3.63) is 33.6 Å². The number of hydrogen-bond donors (Lipinski definition) is 1. The van der Waals surface area contributed by atoms with Crippen LogP contribution < -0.4 is 11.3 Å². The summed E-state index contributed by atoms with van der Waals surface area (Å²) >= 11 is 0. The SMILES string of the molecule is Cc1nn2c(=O)c(C(C=NCCC(F)(F)F)=CN)c(C(F)(F)F)nc2n1C. The number of alkyl halides is 6. The fraction of sp³-hybridized carbons (Fsp3) is 0.429. The Hall–Kier alpha value is -2.86. The summed E-state index contributed by atoms with van der Waals surface area (Å²) in [4.78, 5) is 19.4. The fourth-order valence-electron chi connectivity index (χ4n) is 2.18.